The van der Waals surface area contributed by atoms with E-state index in [0.29, 0.717) is 19.6 Å². The Bertz CT molecular complexity index is 462. The Balaban J connectivity index is -0.000000410. The van der Waals surface area contributed by atoms with Crippen molar-refractivity contribution in [1.82, 2.24) is 0 Å². The van der Waals surface area contributed by atoms with Gasteiger partial charge in [0.1, 0.15) is 0 Å². The second-order valence-corrected chi connectivity index (χ2v) is 7.53. The van der Waals surface area contributed by atoms with Gasteiger partial charge in [-0.2, -0.15) is 0 Å². The Kier molecular flexibility index (Phi) is 20.4. The Labute approximate surface area is 172 Å². The van der Waals surface area contributed by atoms with Crippen LogP contribution in [0.15, 0.2) is 37.5 Å². The molecule has 0 aromatic rings. The first kappa shape index (κ1) is 30.8. The molecule has 0 aliphatic rings. The predicted octanol–water partition coefficient (Wildman–Crippen LogP) is 5.25. The first-order valence-corrected chi connectivity index (χ1v) is 9.71. The lowest BCUT2D eigenvalue weighted by Gasteiger charge is -2.21. The van der Waals surface area contributed by atoms with Crippen LogP contribution < -0.4 is 0 Å². The molecular weight excluding hydrogens is 356 g/mol. The number of aliphatic hydroxyl groups excluding tert-OH is 1. The summed E-state index contributed by atoms with van der Waals surface area (Å²) in [6.45, 7) is 20.2. The minimum atomic E-state index is -0.278. The van der Waals surface area contributed by atoms with E-state index in [1.165, 1.54) is 6.08 Å². The monoisotopic (exact) mass is 398 g/mol. The van der Waals surface area contributed by atoms with Crippen molar-refractivity contribution >= 4 is 11.9 Å². The van der Waals surface area contributed by atoms with Crippen LogP contribution in [-0.4, -0.2) is 37.4 Å². The topological polar surface area (TPSA) is 72.8 Å². The molecule has 0 aliphatic carbocycles. The number of ether oxygens (including phenoxy) is 2. The van der Waals surface area contributed by atoms with Gasteiger partial charge in [-0.15, -0.1) is 13.2 Å². The van der Waals surface area contributed by atoms with Crippen molar-refractivity contribution in [2.45, 2.75) is 67.2 Å². The molecule has 0 aromatic carbocycles. The number of allylic oxidation sites excluding steroid dienone is 3. The highest BCUT2D eigenvalue weighted by Gasteiger charge is 2.17. The fraction of sp³-hybridized carbons (Fsp3) is 0.652. The summed E-state index contributed by atoms with van der Waals surface area (Å²) in [4.78, 5) is 22.0. The lowest BCUT2D eigenvalue weighted by molar-refractivity contribution is -0.143. The van der Waals surface area contributed by atoms with Gasteiger partial charge in [-0.3, -0.25) is 4.79 Å². The first-order chi connectivity index (χ1) is 13.0. The number of rotatable bonds is 11. The zero-order valence-electron chi connectivity index (χ0n) is 19.0. The summed E-state index contributed by atoms with van der Waals surface area (Å²) in [5.41, 5.74) is 0.142. The summed E-state index contributed by atoms with van der Waals surface area (Å²) < 4.78 is 9.61. The average Bonchev–Trinajstić information content (AvgIpc) is 2.61. The number of hydrogen-bond acceptors (Lipinski definition) is 5. The number of aliphatic hydroxyl groups is 1. The second kappa shape index (κ2) is 18.5. The summed E-state index contributed by atoms with van der Waals surface area (Å²) in [5.74, 6) is -0.376. The summed E-state index contributed by atoms with van der Waals surface area (Å²) >= 11 is 0. The number of carbonyl (C=O) groups excluding carboxylic acids is 2. The Morgan fingerprint density at radius 1 is 0.929 bits per heavy atom. The predicted molar refractivity (Wildman–Crippen MR) is 117 cm³/mol. The van der Waals surface area contributed by atoms with E-state index in [2.05, 4.69) is 27.0 Å². The highest BCUT2D eigenvalue weighted by Crippen LogP contribution is 2.27. The van der Waals surface area contributed by atoms with Crippen LogP contribution in [0.5, 0.6) is 0 Å². The van der Waals surface area contributed by atoms with Crippen LogP contribution in [0.1, 0.15) is 67.2 Å². The minimum absolute atomic E-state index is 0.0193. The van der Waals surface area contributed by atoms with Gasteiger partial charge in [-0.05, 0) is 43.9 Å². The molecule has 0 saturated heterocycles. The van der Waals surface area contributed by atoms with Gasteiger partial charge in [0, 0.05) is 19.6 Å². The number of hydrogen-bond donors (Lipinski definition) is 1. The maximum atomic E-state index is 11.0. The smallest absolute Gasteiger partial charge is 0.330 e. The second-order valence-electron chi connectivity index (χ2n) is 7.53. The van der Waals surface area contributed by atoms with Crippen LogP contribution in [0.2, 0.25) is 0 Å². The van der Waals surface area contributed by atoms with Crippen LogP contribution in [0.25, 0.3) is 0 Å². The quantitative estimate of drug-likeness (QED) is 0.292. The van der Waals surface area contributed by atoms with Crippen molar-refractivity contribution in [3.05, 3.63) is 37.5 Å². The Hall–Kier alpha value is -1.88. The molecule has 0 fully saturated rings. The summed E-state index contributed by atoms with van der Waals surface area (Å²) in [6, 6.07) is 0. The lowest BCUT2D eigenvalue weighted by atomic mass is 9.84. The van der Waals surface area contributed by atoms with Gasteiger partial charge in [-0.25, -0.2) is 4.79 Å². The molecule has 0 heterocycles. The van der Waals surface area contributed by atoms with Gasteiger partial charge in [-0.1, -0.05) is 45.9 Å². The SMILES string of the molecule is C=CCC(C)(C)/C=C/C(=O)OCC.C=CCC(C)(C)CCC(=O)OCC.CO. The van der Waals surface area contributed by atoms with E-state index >= 15 is 0 Å². The van der Waals surface area contributed by atoms with Gasteiger partial charge in [0.25, 0.3) is 0 Å². The van der Waals surface area contributed by atoms with Crippen LogP contribution in [0, 0.1) is 10.8 Å². The Morgan fingerprint density at radius 2 is 1.43 bits per heavy atom. The van der Waals surface area contributed by atoms with Gasteiger partial charge < -0.3 is 14.6 Å². The van der Waals surface area contributed by atoms with Gasteiger partial charge in [0.2, 0.25) is 0 Å². The molecule has 0 spiro atoms. The van der Waals surface area contributed by atoms with Crippen LogP contribution in [0.3, 0.4) is 0 Å². The maximum Gasteiger partial charge on any atom is 0.330 e. The van der Waals surface area contributed by atoms with Crippen molar-refractivity contribution in [3.8, 4) is 0 Å². The fourth-order valence-electron chi connectivity index (χ4n) is 2.09. The summed E-state index contributed by atoms with van der Waals surface area (Å²) in [6.07, 6.45) is 10.2. The van der Waals surface area contributed by atoms with E-state index in [9.17, 15) is 9.59 Å². The molecule has 0 aromatic heterocycles. The highest BCUT2D eigenvalue weighted by molar-refractivity contribution is 5.81. The lowest BCUT2D eigenvalue weighted by Crippen LogP contribution is -2.14. The molecule has 0 atom stereocenters. The maximum absolute atomic E-state index is 11.0. The zero-order chi connectivity index (χ0) is 22.6. The molecule has 0 amide bonds. The van der Waals surface area contributed by atoms with E-state index in [1.807, 2.05) is 39.0 Å². The minimum Gasteiger partial charge on any atom is -0.466 e. The van der Waals surface area contributed by atoms with E-state index < -0.39 is 0 Å². The third-order valence-corrected chi connectivity index (χ3v) is 3.64. The zero-order valence-corrected chi connectivity index (χ0v) is 19.0. The van der Waals surface area contributed by atoms with E-state index in [4.69, 9.17) is 14.6 Å². The third kappa shape index (κ3) is 22.2. The average molecular weight is 399 g/mol. The summed E-state index contributed by atoms with van der Waals surface area (Å²) in [5, 5.41) is 7.00. The van der Waals surface area contributed by atoms with Crippen molar-refractivity contribution in [2.24, 2.45) is 10.8 Å². The van der Waals surface area contributed by atoms with E-state index in [0.717, 1.165) is 26.4 Å². The molecule has 0 radical (unpaired) electrons. The standard InChI is InChI=1S/C11H20O2.C11H18O2.CH4O/c2*1-5-8-11(3,4)9-7-10(12)13-6-2;1-2/h5H,1,6-9H2,2-4H3;5,7,9H,1,6,8H2,2-4H3;2H,1H3/b;9-7+;. The van der Waals surface area contributed by atoms with Gasteiger partial charge in [0.05, 0.1) is 13.2 Å². The fourth-order valence-corrected chi connectivity index (χ4v) is 2.09. The molecule has 164 valence electrons. The highest BCUT2D eigenvalue weighted by atomic mass is 16.5. The van der Waals surface area contributed by atoms with Crippen molar-refractivity contribution in [1.29, 1.82) is 0 Å². The molecule has 0 saturated carbocycles. The summed E-state index contributed by atoms with van der Waals surface area (Å²) in [7, 11) is 1.00. The van der Waals surface area contributed by atoms with E-state index in [-0.39, 0.29) is 22.8 Å². The van der Waals surface area contributed by atoms with Crippen LogP contribution in [-0.2, 0) is 19.1 Å². The van der Waals surface area contributed by atoms with Crippen LogP contribution >= 0.6 is 0 Å². The Morgan fingerprint density at radius 3 is 1.86 bits per heavy atom. The van der Waals surface area contributed by atoms with Crippen molar-refractivity contribution in [2.75, 3.05) is 20.3 Å². The number of carbonyl (C=O) groups is 2. The molecule has 0 bridgehead atoms. The molecule has 5 heteroatoms. The molecule has 1 N–H and O–H groups in total. The first-order valence-electron chi connectivity index (χ1n) is 9.71. The van der Waals surface area contributed by atoms with Gasteiger partial charge >= 0.3 is 11.9 Å². The van der Waals surface area contributed by atoms with Crippen molar-refractivity contribution in [3.63, 3.8) is 0 Å². The van der Waals surface area contributed by atoms with Gasteiger partial charge in [0.15, 0.2) is 0 Å². The normalized spacial score (nSPS) is 10.7. The van der Waals surface area contributed by atoms with Crippen LogP contribution in [0.4, 0.5) is 0 Å². The molecule has 0 unspecified atom stereocenters. The molecule has 28 heavy (non-hydrogen) atoms. The molecular formula is C23H42O5. The molecule has 0 aliphatic heterocycles. The third-order valence-electron chi connectivity index (χ3n) is 3.64. The number of esters is 2. The molecule has 0 rings (SSSR count). The largest absolute Gasteiger partial charge is 0.466 e. The molecule has 5 nitrogen and oxygen atoms in total. The van der Waals surface area contributed by atoms with E-state index in [1.54, 1.807) is 6.92 Å². The van der Waals surface area contributed by atoms with Crippen molar-refractivity contribution < 1.29 is 24.2 Å².